The van der Waals surface area contributed by atoms with E-state index in [2.05, 4.69) is 21.2 Å². The second-order valence-corrected chi connectivity index (χ2v) is 5.83. The lowest BCUT2D eigenvalue weighted by Gasteiger charge is -2.12. The Morgan fingerprint density at radius 2 is 2.00 bits per heavy atom. The lowest BCUT2D eigenvalue weighted by molar-refractivity contribution is -0.141. The van der Waals surface area contributed by atoms with E-state index < -0.39 is 11.9 Å². The molecule has 1 aliphatic rings. The van der Waals surface area contributed by atoms with Gasteiger partial charge >= 0.3 is 5.97 Å². The molecule has 1 fully saturated rings. The summed E-state index contributed by atoms with van der Waals surface area (Å²) in [4.78, 5) is 23.0. The van der Waals surface area contributed by atoms with Crippen LogP contribution < -0.4 is 10.1 Å². The zero-order valence-electron chi connectivity index (χ0n) is 11.1. The molecule has 1 aromatic rings. The molecule has 1 saturated carbocycles. The van der Waals surface area contributed by atoms with Gasteiger partial charge in [-0.3, -0.25) is 9.59 Å². The smallest absolute Gasteiger partial charge is 0.306 e. The molecule has 0 heterocycles. The van der Waals surface area contributed by atoms with Crippen molar-refractivity contribution in [3.8, 4) is 5.75 Å². The van der Waals surface area contributed by atoms with Gasteiger partial charge in [0.25, 0.3) is 0 Å². The van der Waals surface area contributed by atoms with E-state index in [0.29, 0.717) is 30.7 Å². The quantitative estimate of drug-likeness (QED) is 0.882. The number of methoxy groups -OCH3 is 1. The van der Waals surface area contributed by atoms with Crippen LogP contribution in [0.2, 0.25) is 0 Å². The largest absolute Gasteiger partial charge is 0.497 e. The second-order valence-electron chi connectivity index (χ2n) is 4.91. The molecule has 2 atom stereocenters. The first kappa shape index (κ1) is 14.8. The Kier molecular flexibility index (Phi) is 4.65. The number of carboxylic acids is 1. The van der Waals surface area contributed by atoms with Gasteiger partial charge in [0.2, 0.25) is 5.91 Å². The summed E-state index contributed by atoms with van der Waals surface area (Å²) in [6.07, 6.45) is 1.59. The van der Waals surface area contributed by atoms with Crippen molar-refractivity contribution in [2.24, 2.45) is 11.8 Å². The van der Waals surface area contributed by atoms with Gasteiger partial charge in [0.1, 0.15) is 5.75 Å². The SMILES string of the molecule is COc1cc(Br)cc(NC(=O)[C@@H]2CC[C@H](C(=O)O)C2)c1. The van der Waals surface area contributed by atoms with E-state index in [1.807, 2.05) is 0 Å². The van der Waals surface area contributed by atoms with Crippen LogP contribution in [0, 0.1) is 11.8 Å². The Hall–Kier alpha value is -1.56. The molecule has 1 aliphatic carbocycles. The topological polar surface area (TPSA) is 75.6 Å². The number of carbonyl (C=O) groups is 2. The van der Waals surface area contributed by atoms with Gasteiger partial charge in [-0.1, -0.05) is 15.9 Å². The third kappa shape index (κ3) is 3.50. The highest BCUT2D eigenvalue weighted by Gasteiger charge is 2.33. The van der Waals surface area contributed by atoms with E-state index in [1.165, 1.54) is 0 Å². The van der Waals surface area contributed by atoms with Crippen LogP contribution in [0.4, 0.5) is 5.69 Å². The molecule has 0 radical (unpaired) electrons. The lowest BCUT2D eigenvalue weighted by Crippen LogP contribution is -2.21. The standard InChI is InChI=1S/C14H16BrNO4/c1-20-12-6-10(15)5-11(7-12)16-13(17)8-2-3-9(4-8)14(18)19/h5-9H,2-4H2,1H3,(H,16,17)(H,18,19)/t8-,9+/m1/s1. The molecule has 1 amide bonds. The summed E-state index contributed by atoms with van der Waals surface area (Å²) in [5.41, 5.74) is 0.639. The average molecular weight is 342 g/mol. The lowest BCUT2D eigenvalue weighted by atomic mass is 10.0. The number of aliphatic carboxylic acids is 1. The average Bonchev–Trinajstić information content (AvgIpc) is 2.87. The summed E-state index contributed by atoms with van der Waals surface area (Å²) in [5, 5.41) is 11.8. The summed E-state index contributed by atoms with van der Waals surface area (Å²) >= 11 is 3.35. The van der Waals surface area contributed by atoms with Crippen molar-refractivity contribution in [3.63, 3.8) is 0 Å². The third-order valence-corrected chi connectivity index (χ3v) is 3.99. The first-order valence-electron chi connectivity index (χ1n) is 6.38. The molecule has 0 spiro atoms. The number of halogens is 1. The van der Waals surface area contributed by atoms with Gasteiger partial charge in [-0.05, 0) is 31.4 Å². The van der Waals surface area contributed by atoms with E-state index in [9.17, 15) is 9.59 Å². The number of carbonyl (C=O) groups excluding carboxylic acids is 1. The highest BCUT2D eigenvalue weighted by molar-refractivity contribution is 9.10. The van der Waals surface area contributed by atoms with Gasteiger partial charge in [0.15, 0.2) is 0 Å². The first-order valence-corrected chi connectivity index (χ1v) is 7.17. The maximum absolute atomic E-state index is 12.1. The summed E-state index contributed by atoms with van der Waals surface area (Å²) in [7, 11) is 1.56. The van der Waals surface area contributed by atoms with Crippen LogP contribution in [0.3, 0.4) is 0 Å². The van der Waals surface area contributed by atoms with Crippen molar-refractivity contribution in [2.75, 3.05) is 12.4 Å². The number of hydrogen-bond acceptors (Lipinski definition) is 3. The molecule has 0 saturated heterocycles. The van der Waals surface area contributed by atoms with Crippen LogP contribution in [0.25, 0.3) is 0 Å². The van der Waals surface area contributed by atoms with Crippen molar-refractivity contribution in [1.29, 1.82) is 0 Å². The summed E-state index contributed by atoms with van der Waals surface area (Å²) in [5.74, 6) is -0.938. The van der Waals surface area contributed by atoms with Crippen molar-refractivity contribution < 1.29 is 19.4 Å². The highest BCUT2D eigenvalue weighted by atomic mass is 79.9. The van der Waals surface area contributed by atoms with E-state index in [-0.39, 0.29) is 11.8 Å². The number of amides is 1. The fourth-order valence-electron chi connectivity index (χ4n) is 2.44. The molecule has 0 aromatic heterocycles. The van der Waals surface area contributed by atoms with E-state index in [0.717, 1.165) is 4.47 Å². The van der Waals surface area contributed by atoms with Gasteiger partial charge in [-0.2, -0.15) is 0 Å². The molecule has 0 bridgehead atoms. The molecule has 6 heteroatoms. The number of carboxylic acid groups (broad SMARTS) is 1. The Labute approximate surface area is 125 Å². The molecule has 108 valence electrons. The zero-order valence-corrected chi connectivity index (χ0v) is 12.6. The number of hydrogen-bond donors (Lipinski definition) is 2. The molecule has 0 aliphatic heterocycles. The van der Waals surface area contributed by atoms with Crippen LogP contribution in [0.15, 0.2) is 22.7 Å². The van der Waals surface area contributed by atoms with Crippen LogP contribution >= 0.6 is 15.9 Å². The van der Waals surface area contributed by atoms with E-state index in [1.54, 1.807) is 25.3 Å². The maximum Gasteiger partial charge on any atom is 0.306 e. The fourth-order valence-corrected chi connectivity index (χ4v) is 2.91. The Bertz CT molecular complexity index is 532. The van der Waals surface area contributed by atoms with E-state index >= 15 is 0 Å². The molecule has 2 rings (SSSR count). The zero-order chi connectivity index (χ0) is 14.7. The number of ether oxygens (including phenoxy) is 1. The Balaban J connectivity index is 2.02. The van der Waals surface area contributed by atoms with Gasteiger partial charge in [-0.25, -0.2) is 0 Å². The van der Waals surface area contributed by atoms with Crippen molar-refractivity contribution in [2.45, 2.75) is 19.3 Å². The number of anilines is 1. The van der Waals surface area contributed by atoms with Gasteiger partial charge in [0.05, 0.1) is 13.0 Å². The maximum atomic E-state index is 12.1. The number of benzene rings is 1. The predicted molar refractivity (Wildman–Crippen MR) is 77.8 cm³/mol. The van der Waals surface area contributed by atoms with Crippen LogP contribution in [-0.4, -0.2) is 24.1 Å². The van der Waals surface area contributed by atoms with E-state index in [4.69, 9.17) is 9.84 Å². The minimum absolute atomic E-state index is 0.131. The number of nitrogens with one attached hydrogen (secondary N) is 1. The van der Waals surface area contributed by atoms with Crippen molar-refractivity contribution in [3.05, 3.63) is 22.7 Å². The minimum Gasteiger partial charge on any atom is -0.497 e. The molecule has 5 nitrogen and oxygen atoms in total. The van der Waals surface area contributed by atoms with Crippen molar-refractivity contribution in [1.82, 2.24) is 0 Å². The van der Waals surface area contributed by atoms with Gasteiger partial charge < -0.3 is 15.2 Å². The van der Waals surface area contributed by atoms with Crippen LogP contribution in [0.5, 0.6) is 5.75 Å². The summed E-state index contributed by atoms with van der Waals surface area (Å²) in [6.45, 7) is 0. The van der Waals surface area contributed by atoms with Crippen LogP contribution in [0.1, 0.15) is 19.3 Å². The molecule has 20 heavy (non-hydrogen) atoms. The fraction of sp³-hybridized carbons (Fsp3) is 0.429. The molecule has 0 unspecified atom stereocenters. The molecular formula is C14H16BrNO4. The second kappa shape index (κ2) is 6.26. The van der Waals surface area contributed by atoms with Crippen molar-refractivity contribution >= 4 is 33.5 Å². The van der Waals surface area contributed by atoms with Gasteiger partial charge in [-0.15, -0.1) is 0 Å². The first-order chi connectivity index (χ1) is 9.49. The van der Waals surface area contributed by atoms with Gasteiger partial charge in [0, 0.05) is 22.1 Å². The monoisotopic (exact) mass is 341 g/mol. The predicted octanol–water partition coefficient (Wildman–Crippen LogP) is 2.90. The highest BCUT2D eigenvalue weighted by Crippen LogP contribution is 2.32. The number of rotatable bonds is 4. The molecular weight excluding hydrogens is 326 g/mol. The Morgan fingerprint density at radius 3 is 2.60 bits per heavy atom. The normalized spacial score (nSPS) is 21.5. The Morgan fingerprint density at radius 1 is 1.30 bits per heavy atom. The summed E-state index contributed by atoms with van der Waals surface area (Å²) in [6, 6.07) is 5.31. The third-order valence-electron chi connectivity index (χ3n) is 3.53. The molecule has 1 aromatic carbocycles. The van der Waals surface area contributed by atoms with Crippen LogP contribution in [-0.2, 0) is 9.59 Å². The summed E-state index contributed by atoms with van der Waals surface area (Å²) < 4.78 is 5.94. The minimum atomic E-state index is -0.815. The molecule has 2 N–H and O–H groups in total.